The maximum absolute atomic E-state index is 6.23. The molecule has 0 unspecified atom stereocenters. The van der Waals surface area contributed by atoms with Crippen LogP contribution in [0.4, 0.5) is 0 Å². The molecule has 0 amide bonds. The van der Waals surface area contributed by atoms with Gasteiger partial charge in [-0.05, 0) is 18.1 Å². The normalized spacial score (nSPS) is 17.8. The van der Waals surface area contributed by atoms with Gasteiger partial charge in [-0.15, -0.1) is 0 Å². The molecular formula is C13H30INOSi. The number of halogens is 1. The van der Waals surface area contributed by atoms with Crippen LogP contribution in [0.15, 0.2) is 0 Å². The van der Waals surface area contributed by atoms with E-state index in [9.17, 15) is 0 Å². The number of nitrogens with zero attached hydrogens (tertiary/aromatic N) is 1. The first-order valence-electron chi connectivity index (χ1n) is 6.53. The second kappa shape index (κ2) is 5.88. The predicted molar refractivity (Wildman–Crippen MR) is 73.1 cm³/mol. The van der Waals surface area contributed by atoms with Crippen LogP contribution in [-0.4, -0.2) is 46.1 Å². The van der Waals surface area contributed by atoms with Crippen molar-refractivity contribution < 1.29 is 32.9 Å². The predicted octanol–water partition coefficient (Wildman–Crippen LogP) is 0.251. The van der Waals surface area contributed by atoms with Crippen LogP contribution in [0.25, 0.3) is 0 Å². The minimum Gasteiger partial charge on any atom is -1.00 e. The van der Waals surface area contributed by atoms with E-state index in [-0.39, 0.29) is 24.0 Å². The summed E-state index contributed by atoms with van der Waals surface area (Å²) < 4.78 is 7.38. The van der Waals surface area contributed by atoms with Gasteiger partial charge in [-0.3, -0.25) is 0 Å². The van der Waals surface area contributed by atoms with E-state index in [0.29, 0.717) is 5.04 Å². The monoisotopic (exact) mass is 371 g/mol. The van der Waals surface area contributed by atoms with E-state index < -0.39 is 8.32 Å². The molecule has 0 heterocycles. The minimum atomic E-state index is -1.53. The van der Waals surface area contributed by atoms with Gasteiger partial charge in [0.15, 0.2) is 8.32 Å². The van der Waals surface area contributed by atoms with E-state index in [2.05, 4.69) is 48.0 Å². The molecule has 0 radical (unpaired) electrons. The van der Waals surface area contributed by atoms with Gasteiger partial charge >= 0.3 is 0 Å². The van der Waals surface area contributed by atoms with E-state index in [0.717, 1.165) is 23.7 Å². The van der Waals surface area contributed by atoms with Crippen molar-refractivity contribution in [1.82, 2.24) is 0 Å². The zero-order valence-corrected chi connectivity index (χ0v) is 15.8. The summed E-state index contributed by atoms with van der Waals surface area (Å²) in [7, 11) is 3.15. The molecule has 0 bridgehead atoms. The molecule has 0 aliphatic heterocycles. The lowest BCUT2D eigenvalue weighted by Gasteiger charge is -2.38. The Labute approximate surface area is 126 Å². The van der Waals surface area contributed by atoms with E-state index in [1.54, 1.807) is 0 Å². The molecule has 4 heteroatoms. The Bertz CT molecular complexity index is 244. The average Bonchev–Trinajstić information content (AvgIpc) is 2.82. The molecule has 0 aromatic rings. The first-order chi connectivity index (χ1) is 7.06. The molecule has 1 fully saturated rings. The molecule has 0 atom stereocenters. The first-order valence-corrected chi connectivity index (χ1v) is 9.44. The minimum absolute atomic E-state index is 0. The van der Waals surface area contributed by atoms with Crippen molar-refractivity contribution >= 4 is 8.32 Å². The molecule has 1 aliphatic carbocycles. The van der Waals surface area contributed by atoms with Crippen LogP contribution in [0.1, 0.15) is 33.6 Å². The van der Waals surface area contributed by atoms with Crippen LogP contribution in [0, 0.1) is 0 Å². The average molecular weight is 371 g/mol. The van der Waals surface area contributed by atoms with Crippen molar-refractivity contribution in [1.29, 1.82) is 0 Å². The number of rotatable bonds is 5. The van der Waals surface area contributed by atoms with Gasteiger partial charge in [0.1, 0.15) is 6.54 Å². The van der Waals surface area contributed by atoms with Gasteiger partial charge in [-0.1, -0.05) is 20.8 Å². The van der Waals surface area contributed by atoms with Crippen molar-refractivity contribution in [3.05, 3.63) is 0 Å². The lowest BCUT2D eigenvalue weighted by Crippen LogP contribution is -3.00. The Morgan fingerprint density at radius 3 is 2.00 bits per heavy atom. The van der Waals surface area contributed by atoms with Gasteiger partial charge in [0.2, 0.25) is 0 Å². The van der Waals surface area contributed by atoms with Crippen LogP contribution < -0.4 is 24.0 Å². The van der Waals surface area contributed by atoms with Gasteiger partial charge in [0, 0.05) is 12.8 Å². The highest BCUT2D eigenvalue weighted by Gasteiger charge is 2.40. The fourth-order valence-electron chi connectivity index (χ4n) is 1.71. The van der Waals surface area contributed by atoms with Gasteiger partial charge in [0.05, 0.1) is 26.7 Å². The number of likely N-dealkylation sites (N-methyl/N-ethyl adjacent to an activating group) is 1. The summed E-state index contributed by atoms with van der Waals surface area (Å²) in [4.78, 5) is 0. The summed E-state index contributed by atoms with van der Waals surface area (Å²) in [6, 6.07) is 0.906. The molecule has 1 rings (SSSR count). The Hall–Kier alpha value is 0.867. The third kappa shape index (κ3) is 5.16. The number of hydrogen-bond acceptors (Lipinski definition) is 1. The van der Waals surface area contributed by atoms with E-state index >= 15 is 0 Å². The van der Waals surface area contributed by atoms with Crippen molar-refractivity contribution in [3.8, 4) is 0 Å². The molecular weight excluding hydrogens is 341 g/mol. The van der Waals surface area contributed by atoms with Crippen molar-refractivity contribution in [2.75, 3.05) is 27.2 Å². The van der Waals surface area contributed by atoms with Gasteiger partial charge in [-0.25, -0.2) is 0 Å². The highest BCUT2D eigenvalue weighted by molar-refractivity contribution is 6.74. The molecule has 0 aromatic carbocycles. The topological polar surface area (TPSA) is 9.23 Å². The van der Waals surface area contributed by atoms with Gasteiger partial charge in [-0.2, -0.15) is 0 Å². The SMILES string of the molecule is CC(C)(C)[Si](C)(C)OCC[N+](C)(C)C1CC1.[I-]. The Morgan fingerprint density at radius 1 is 1.18 bits per heavy atom. The van der Waals surface area contributed by atoms with Crippen LogP contribution >= 0.6 is 0 Å². The molecule has 0 aromatic heterocycles. The maximum Gasteiger partial charge on any atom is 0.192 e. The second-order valence-corrected chi connectivity index (χ2v) is 12.2. The summed E-state index contributed by atoms with van der Waals surface area (Å²) in [6.45, 7) is 13.7. The van der Waals surface area contributed by atoms with Crippen molar-refractivity contribution in [2.45, 2.75) is 57.8 Å². The lowest BCUT2D eigenvalue weighted by atomic mass is 10.2. The third-order valence-corrected chi connectivity index (χ3v) is 9.01. The van der Waals surface area contributed by atoms with Crippen molar-refractivity contribution in [3.63, 3.8) is 0 Å². The van der Waals surface area contributed by atoms with Crippen LogP contribution in [0.3, 0.4) is 0 Å². The molecule has 0 spiro atoms. The second-order valence-electron chi connectivity index (χ2n) is 7.34. The maximum atomic E-state index is 6.23. The van der Waals surface area contributed by atoms with Gasteiger partial charge in [0.25, 0.3) is 0 Å². The molecule has 2 nitrogen and oxygen atoms in total. The first kappa shape index (κ1) is 17.9. The summed E-state index contributed by atoms with van der Waals surface area (Å²) in [6.07, 6.45) is 2.82. The van der Waals surface area contributed by atoms with E-state index in [4.69, 9.17) is 4.43 Å². The molecule has 1 saturated carbocycles. The highest BCUT2D eigenvalue weighted by Crippen LogP contribution is 2.37. The quantitative estimate of drug-likeness (QED) is 0.383. The Kier molecular flexibility index (Phi) is 6.18. The van der Waals surface area contributed by atoms with E-state index in [1.165, 1.54) is 12.8 Å². The van der Waals surface area contributed by atoms with Crippen LogP contribution in [-0.2, 0) is 4.43 Å². The smallest absolute Gasteiger partial charge is 0.192 e. The van der Waals surface area contributed by atoms with Crippen molar-refractivity contribution in [2.24, 2.45) is 0 Å². The summed E-state index contributed by atoms with van der Waals surface area (Å²) in [5, 5.41) is 0.337. The molecule has 0 saturated heterocycles. The largest absolute Gasteiger partial charge is 1.00 e. The fourth-order valence-corrected chi connectivity index (χ4v) is 2.74. The molecule has 17 heavy (non-hydrogen) atoms. The third-order valence-electron chi connectivity index (χ3n) is 4.47. The zero-order chi connectivity index (χ0) is 12.6. The van der Waals surface area contributed by atoms with Crippen LogP contribution in [0.2, 0.25) is 18.1 Å². The summed E-state index contributed by atoms with van der Waals surface area (Å²) >= 11 is 0. The molecule has 0 N–H and O–H groups in total. The number of quaternary nitrogens is 1. The lowest BCUT2D eigenvalue weighted by molar-refractivity contribution is -0.901. The molecule has 104 valence electrons. The fraction of sp³-hybridized carbons (Fsp3) is 1.00. The summed E-state index contributed by atoms with van der Waals surface area (Å²) in [5.74, 6) is 0. The van der Waals surface area contributed by atoms with E-state index in [1.807, 2.05) is 0 Å². The standard InChI is InChI=1S/C13H30NOSi.HI/c1-13(2,3)16(6,7)15-11-10-14(4,5)12-8-9-12;/h12H,8-11H2,1-7H3;1H/q+1;/p-1. The van der Waals surface area contributed by atoms with Gasteiger partial charge < -0.3 is 32.9 Å². The molecule has 1 aliphatic rings. The zero-order valence-electron chi connectivity index (χ0n) is 12.6. The summed E-state index contributed by atoms with van der Waals surface area (Å²) in [5.41, 5.74) is 0. The van der Waals surface area contributed by atoms with Crippen LogP contribution in [0.5, 0.6) is 0 Å². The number of hydrogen-bond donors (Lipinski definition) is 0. The Morgan fingerprint density at radius 2 is 1.65 bits per heavy atom. The highest BCUT2D eigenvalue weighted by atomic mass is 127. The Balaban J connectivity index is 0.00000256.